The van der Waals surface area contributed by atoms with Crippen LogP contribution in [0, 0.1) is 0 Å². The fraction of sp³-hybridized carbons (Fsp3) is 0. The first-order valence-electron chi connectivity index (χ1n) is 8.55. The van der Waals surface area contributed by atoms with Gasteiger partial charge >= 0.3 is 0 Å². The molecule has 0 aliphatic carbocycles. The summed E-state index contributed by atoms with van der Waals surface area (Å²) in [5.41, 5.74) is 3.73. The largest absolute Gasteiger partial charge is 0.494 e. The van der Waals surface area contributed by atoms with Crippen LogP contribution in [0.3, 0.4) is 0 Å². The summed E-state index contributed by atoms with van der Waals surface area (Å²) in [7, 11) is 0. The first-order chi connectivity index (χ1) is 13.5. The minimum atomic E-state index is -0.251. The second-order valence-electron chi connectivity index (χ2n) is 6.57. The van der Waals surface area contributed by atoms with E-state index in [0.717, 1.165) is 36.2 Å². The van der Waals surface area contributed by atoms with Crippen LogP contribution in [0.15, 0.2) is 74.6 Å². The fourth-order valence-electron chi connectivity index (χ4n) is 3.59. The SMILES string of the molecule is O=C1N=c2cc3c(-c4ccc(Br)cc4)c(O)[nH]c3cc2=C1c1ccc(Br)cc1. The van der Waals surface area contributed by atoms with Gasteiger partial charge in [0.2, 0.25) is 0 Å². The number of hydrogen-bond acceptors (Lipinski definition) is 2. The highest BCUT2D eigenvalue weighted by Crippen LogP contribution is 2.36. The average Bonchev–Trinajstić information content (AvgIpc) is 3.16. The van der Waals surface area contributed by atoms with Crippen molar-refractivity contribution in [2.75, 3.05) is 0 Å². The van der Waals surface area contributed by atoms with Gasteiger partial charge in [0.15, 0.2) is 5.88 Å². The van der Waals surface area contributed by atoms with Crippen molar-refractivity contribution in [1.82, 2.24) is 4.98 Å². The van der Waals surface area contributed by atoms with Crippen molar-refractivity contribution in [1.29, 1.82) is 0 Å². The summed E-state index contributed by atoms with van der Waals surface area (Å²) < 4.78 is 1.91. The van der Waals surface area contributed by atoms with E-state index in [9.17, 15) is 9.90 Å². The number of benzene rings is 3. The van der Waals surface area contributed by atoms with E-state index >= 15 is 0 Å². The predicted octanol–water partition coefficient (Wildman–Crippen LogP) is 4.42. The lowest BCUT2D eigenvalue weighted by molar-refractivity contribution is -0.112. The lowest BCUT2D eigenvalue weighted by atomic mass is 10.0. The Morgan fingerprint density at radius 1 is 0.857 bits per heavy atom. The third-order valence-corrected chi connectivity index (χ3v) is 5.92. The lowest BCUT2D eigenvalue weighted by Crippen LogP contribution is -2.23. The molecule has 0 unspecified atom stereocenters. The Morgan fingerprint density at radius 2 is 1.46 bits per heavy atom. The van der Waals surface area contributed by atoms with E-state index in [1.54, 1.807) is 0 Å². The van der Waals surface area contributed by atoms with Crippen LogP contribution in [0.5, 0.6) is 5.88 Å². The highest BCUT2D eigenvalue weighted by atomic mass is 79.9. The van der Waals surface area contributed by atoms with Crippen LogP contribution in [0.25, 0.3) is 27.6 Å². The number of H-pyrrole nitrogens is 1. The Morgan fingerprint density at radius 3 is 2.11 bits per heavy atom. The molecule has 1 amide bonds. The molecule has 0 saturated carbocycles. The molecule has 0 atom stereocenters. The molecule has 1 aliphatic rings. The van der Waals surface area contributed by atoms with Crippen LogP contribution in [-0.4, -0.2) is 16.0 Å². The highest BCUT2D eigenvalue weighted by molar-refractivity contribution is 9.10. The van der Waals surface area contributed by atoms with Crippen LogP contribution in [-0.2, 0) is 4.79 Å². The van der Waals surface area contributed by atoms with E-state index in [2.05, 4.69) is 41.8 Å². The van der Waals surface area contributed by atoms with Gasteiger partial charge in [-0.1, -0.05) is 56.1 Å². The molecule has 0 radical (unpaired) electrons. The molecule has 28 heavy (non-hydrogen) atoms. The molecular weight excluding hydrogens is 484 g/mol. The maximum absolute atomic E-state index is 12.6. The molecule has 0 fully saturated rings. The van der Waals surface area contributed by atoms with Crippen LogP contribution < -0.4 is 10.6 Å². The third kappa shape index (κ3) is 2.72. The minimum Gasteiger partial charge on any atom is -0.494 e. The molecule has 0 spiro atoms. The van der Waals surface area contributed by atoms with Crippen LogP contribution in [0.2, 0.25) is 0 Å². The molecule has 2 heterocycles. The van der Waals surface area contributed by atoms with Gasteiger partial charge in [0.1, 0.15) is 0 Å². The second-order valence-corrected chi connectivity index (χ2v) is 8.40. The van der Waals surface area contributed by atoms with Crippen LogP contribution in [0.4, 0.5) is 0 Å². The van der Waals surface area contributed by atoms with Crippen molar-refractivity contribution in [3.63, 3.8) is 0 Å². The number of nitrogens with one attached hydrogen (secondary N) is 1. The van der Waals surface area contributed by atoms with Gasteiger partial charge in [0.05, 0.1) is 16.5 Å². The summed E-state index contributed by atoms with van der Waals surface area (Å²) in [6.45, 7) is 0. The van der Waals surface area contributed by atoms with E-state index in [0.29, 0.717) is 16.5 Å². The molecule has 2 N–H and O–H groups in total. The monoisotopic (exact) mass is 494 g/mol. The van der Waals surface area contributed by atoms with E-state index in [1.807, 2.05) is 60.7 Å². The number of rotatable bonds is 2. The zero-order valence-electron chi connectivity index (χ0n) is 14.3. The number of nitrogens with zero attached hydrogens (tertiary/aromatic N) is 1. The number of hydrogen-bond donors (Lipinski definition) is 2. The van der Waals surface area contributed by atoms with Crippen molar-refractivity contribution in [3.8, 4) is 17.0 Å². The van der Waals surface area contributed by atoms with Crippen molar-refractivity contribution >= 4 is 54.2 Å². The van der Waals surface area contributed by atoms with Crippen molar-refractivity contribution in [2.24, 2.45) is 4.99 Å². The Kier molecular flexibility index (Phi) is 4.00. The van der Waals surface area contributed by atoms with Gasteiger partial charge in [-0.25, -0.2) is 4.99 Å². The molecule has 3 aromatic carbocycles. The first-order valence-corrected chi connectivity index (χ1v) is 10.1. The Balaban J connectivity index is 1.79. The van der Waals surface area contributed by atoms with E-state index in [4.69, 9.17) is 0 Å². The number of fused-ring (bicyclic) bond motifs is 2. The van der Waals surface area contributed by atoms with Crippen LogP contribution in [0.1, 0.15) is 5.56 Å². The summed E-state index contributed by atoms with van der Waals surface area (Å²) in [6, 6.07) is 19.1. The quantitative estimate of drug-likeness (QED) is 0.432. The zero-order chi connectivity index (χ0) is 19.4. The smallest absolute Gasteiger partial charge is 0.278 e. The fourth-order valence-corrected chi connectivity index (χ4v) is 4.12. The van der Waals surface area contributed by atoms with Crippen molar-refractivity contribution in [2.45, 2.75) is 0 Å². The zero-order valence-corrected chi connectivity index (χ0v) is 17.5. The molecule has 1 aromatic heterocycles. The number of aromatic nitrogens is 1. The first kappa shape index (κ1) is 17.4. The number of carbonyl (C=O) groups excluding carboxylic acids is 1. The van der Waals surface area contributed by atoms with E-state index < -0.39 is 0 Å². The predicted molar refractivity (Wildman–Crippen MR) is 116 cm³/mol. The van der Waals surface area contributed by atoms with E-state index in [1.165, 1.54) is 0 Å². The van der Waals surface area contributed by atoms with Crippen molar-refractivity contribution in [3.05, 3.63) is 85.7 Å². The summed E-state index contributed by atoms with van der Waals surface area (Å²) in [4.78, 5) is 19.9. The summed E-state index contributed by atoms with van der Waals surface area (Å²) >= 11 is 6.85. The van der Waals surface area contributed by atoms with E-state index in [-0.39, 0.29) is 11.8 Å². The minimum absolute atomic E-state index is 0.0949. The molecule has 4 nitrogen and oxygen atoms in total. The Bertz CT molecular complexity index is 1390. The molecule has 0 saturated heterocycles. The van der Waals surface area contributed by atoms with Gasteiger partial charge < -0.3 is 10.1 Å². The van der Waals surface area contributed by atoms with Gasteiger partial charge in [0, 0.05) is 25.1 Å². The number of halogens is 2. The van der Waals surface area contributed by atoms with Gasteiger partial charge in [-0.05, 0) is 47.5 Å². The third-order valence-electron chi connectivity index (χ3n) is 4.87. The second kappa shape index (κ2) is 6.43. The molecule has 0 bridgehead atoms. The van der Waals surface area contributed by atoms with Crippen molar-refractivity contribution < 1.29 is 9.90 Å². The summed E-state index contributed by atoms with van der Waals surface area (Å²) in [6.07, 6.45) is 0. The number of amides is 1. The van der Waals surface area contributed by atoms with Gasteiger partial charge in [-0.3, -0.25) is 4.79 Å². The average molecular weight is 496 g/mol. The number of aromatic amines is 1. The maximum Gasteiger partial charge on any atom is 0.278 e. The number of carbonyl (C=O) groups is 1. The summed E-state index contributed by atoms with van der Waals surface area (Å²) in [5.74, 6) is -0.156. The summed E-state index contributed by atoms with van der Waals surface area (Å²) in [5, 5.41) is 12.7. The molecular formula is C22H12Br2N2O2. The van der Waals surface area contributed by atoms with Gasteiger partial charge in [0.25, 0.3) is 5.91 Å². The maximum atomic E-state index is 12.6. The highest BCUT2D eigenvalue weighted by Gasteiger charge is 2.21. The standard InChI is InChI=1S/C22H12Br2N2O2/c23-13-5-1-11(2-6-13)19-15-9-18-16(10-17(15)25-21(19)27)20(22(28)26-18)12-3-7-14(24)8-4-12/h1-10,25,27H. The molecule has 4 aromatic rings. The molecule has 6 heteroatoms. The van der Waals surface area contributed by atoms with Gasteiger partial charge in [-0.15, -0.1) is 0 Å². The molecule has 1 aliphatic heterocycles. The van der Waals surface area contributed by atoms with Gasteiger partial charge in [-0.2, -0.15) is 0 Å². The lowest BCUT2D eigenvalue weighted by Gasteiger charge is -2.02. The molecule has 136 valence electrons. The van der Waals surface area contributed by atoms with Crippen LogP contribution >= 0.6 is 31.9 Å². The normalized spacial score (nSPS) is 13.1. The Hall–Kier alpha value is -2.70. The number of aromatic hydroxyl groups is 1. The molecule has 5 rings (SSSR count). The topological polar surface area (TPSA) is 65.4 Å². The Labute approximate surface area is 176 Å².